The molecule has 9 heteroatoms. The summed E-state index contributed by atoms with van der Waals surface area (Å²) in [6.45, 7) is 0.339. The highest BCUT2D eigenvalue weighted by atomic mass is 35.5. The van der Waals surface area contributed by atoms with Crippen LogP contribution in [0.4, 0.5) is 10.1 Å². The van der Waals surface area contributed by atoms with Crippen molar-refractivity contribution in [3.05, 3.63) is 82.1 Å². The molecule has 0 radical (unpaired) electrons. The molecule has 1 N–H and O–H groups in total. The zero-order valence-corrected chi connectivity index (χ0v) is 20.2. The third-order valence-electron chi connectivity index (χ3n) is 5.88. The number of benzene rings is 3. The minimum absolute atomic E-state index is 0.0760. The molecule has 3 aromatic rings. The van der Waals surface area contributed by atoms with Crippen molar-refractivity contribution in [1.82, 2.24) is 4.90 Å². The van der Waals surface area contributed by atoms with Crippen LogP contribution in [0.3, 0.4) is 0 Å². The number of rotatable bonds is 8. The number of halogens is 2. The molecule has 0 saturated carbocycles. The Labute approximate surface area is 207 Å². The first-order valence-corrected chi connectivity index (χ1v) is 11.2. The lowest BCUT2D eigenvalue weighted by atomic mass is 10.00. The number of hydrogen-bond donors (Lipinski definition) is 1. The summed E-state index contributed by atoms with van der Waals surface area (Å²) in [6, 6.07) is 14.1. The molecule has 0 bridgehead atoms. The molecule has 2 amide bonds. The molecular formula is C26H24ClFN2O5. The number of carbonyl (C=O) groups excluding carboxylic acids is 2. The van der Waals surface area contributed by atoms with E-state index in [1.54, 1.807) is 29.2 Å². The van der Waals surface area contributed by atoms with Crippen LogP contribution in [0.2, 0.25) is 5.02 Å². The van der Waals surface area contributed by atoms with E-state index in [1.165, 1.54) is 39.5 Å². The standard InChI is InChI=1S/C26H24ClFN2O5/c1-33-22-10-16(11-23(34-2)25(22)35-3)21(30-14-15-6-4-5-7-18(15)26(30)32)13-24(31)29-17-8-9-20(28)19(27)12-17/h4-12,21H,13-14H2,1-3H3,(H,29,31). The largest absolute Gasteiger partial charge is 0.493 e. The topological polar surface area (TPSA) is 77.1 Å². The summed E-state index contributed by atoms with van der Waals surface area (Å²) >= 11 is 5.85. The lowest BCUT2D eigenvalue weighted by molar-refractivity contribution is -0.117. The molecule has 35 heavy (non-hydrogen) atoms. The van der Waals surface area contributed by atoms with Crippen LogP contribution in [-0.2, 0) is 11.3 Å². The second kappa shape index (κ2) is 10.2. The van der Waals surface area contributed by atoms with Gasteiger partial charge in [-0.1, -0.05) is 29.8 Å². The van der Waals surface area contributed by atoms with Gasteiger partial charge in [-0.2, -0.15) is 0 Å². The Morgan fingerprint density at radius 3 is 2.34 bits per heavy atom. The first kappa shape index (κ1) is 24.3. The maximum absolute atomic E-state index is 13.5. The summed E-state index contributed by atoms with van der Waals surface area (Å²) < 4.78 is 29.9. The normalized spacial score (nSPS) is 13.3. The molecule has 1 unspecified atom stereocenters. The molecular weight excluding hydrogens is 475 g/mol. The van der Waals surface area contributed by atoms with E-state index in [2.05, 4.69) is 5.32 Å². The maximum Gasteiger partial charge on any atom is 0.255 e. The van der Waals surface area contributed by atoms with Crippen LogP contribution in [0.1, 0.15) is 33.9 Å². The molecule has 0 fully saturated rings. The van der Waals surface area contributed by atoms with Gasteiger partial charge in [0.25, 0.3) is 5.91 Å². The summed E-state index contributed by atoms with van der Waals surface area (Å²) in [5.41, 5.74) is 2.45. The Bertz CT molecular complexity index is 1260. The zero-order chi connectivity index (χ0) is 25.1. The number of methoxy groups -OCH3 is 3. The fraction of sp³-hybridized carbons (Fsp3) is 0.231. The van der Waals surface area contributed by atoms with Gasteiger partial charge in [-0.15, -0.1) is 0 Å². The zero-order valence-electron chi connectivity index (χ0n) is 19.4. The number of amides is 2. The highest BCUT2D eigenvalue weighted by Gasteiger charge is 2.35. The molecule has 1 aliphatic rings. The minimum Gasteiger partial charge on any atom is -0.493 e. The number of carbonyl (C=O) groups is 2. The Balaban J connectivity index is 1.71. The van der Waals surface area contributed by atoms with Crippen molar-refractivity contribution in [3.8, 4) is 17.2 Å². The smallest absolute Gasteiger partial charge is 0.255 e. The first-order valence-electron chi connectivity index (χ1n) is 10.8. The van der Waals surface area contributed by atoms with Gasteiger partial charge in [0.2, 0.25) is 11.7 Å². The molecule has 0 aliphatic carbocycles. The van der Waals surface area contributed by atoms with Gasteiger partial charge in [0, 0.05) is 17.8 Å². The van der Waals surface area contributed by atoms with E-state index >= 15 is 0 Å². The van der Waals surface area contributed by atoms with Crippen LogP contribution in [0.25, 0.3) is 0 Å². The summed E-state index contributed by atoms with van der Waals surface area (Å²) in [4.78, 5) is 28.0. The summed E-state index contributed by atoms with van der Waals surface area (Å²) in [7, 11) is 4.50. The van der Waals surface area contributed by atoms with Crippen LogP contribution < -0.4 is 19.5 Å². The predicted molar refractivity (Wildman–Crippen MR) is 130 cm³/mol. The van der Waals surface area contributed by atoms with Crippen molar-refractivity contribution in [1.29, 1.82) is 0 Å². The van der Waals surface area contributed by atoms with E-state index in [-0.39, 0.29) is 23.3 Å². The number of anilines is 1. The van der Waals surface area contributed by atoms with Gasteiger partial charge in [-0.3, -0.25) is 9.59 Å². The van der Waals surface area contributed by atoms with Crippen LogP contribution in [0, 0.1) is 5.82 Å². The lowest BCUT2D eigenvalue weighted by Crippen LogP contribution is -2.32. The molecule has 3 aromatic carbocycles. The third kappa shape index (κ3) is 4.88. The average Bonchev–Trinajstić information content (AvgIpc) is 3.20. The van der Waals surface area contributed by atoms with Gasteiger partial charge in [0.15, 0.2) is 11.5 Å². The quantitative estimate of drug-likeness (QED) is 0.460. The van der Waals surface area contributed by atoms with Gasteiger partial charge in [-0.05, 0) is 47.5 Å². The molecule has 0 saturated heterocycles. The van der Waals surface area contributed by atoms with Crippen molar-refractivity contribution >= 4 is 29.1 Å². The highest BCUT2D eigenvalue weighted by Crippen LogP contribution is 2.43. The van der Waals surface area contributed by atoms with E-state index in [9.17, 15) is 14.0 Å². The van der Waals surface area contributed by atoms with Gasteiger partial charge in [0.05, 0.1) is 38.8 Å². The minimum atomic E-state index is -0.653. The van der Waals surface area contributed by atoms with E-state index in [4.69, 9.17) is 25.8 Å². The molecule has 0 spiro atoms. The maximum atomic E-state index is 13.5. The van der Waals surface area contributed by atoms with E-state index in [0.29, 0.717) is 40.6 Å². The van der Waals surface area contributed by atoms with Crippen LogP contribution in [0.5, 0.6) is 17.2 Å². The Kier molecular flexibility index (Phi) is 7.12. The molecule has 4 rings (SSSR count). The first-order chi connectivity index (χ1) is 16.9. The SMILES string of the molecule is COc1cc(C(CC(=O)Nc2ccc(F)c(Cl)c2)N2Cc3ccccc3C2=O)cc(OC)c1OC. The number of nitrogens with one attached hydrogen (secondary N) is 1. The van der Waals surface area contributed by atoms with Crippen LogP contribution in [0.15, 0.2) is 54.6 Å². The van der Waals surface area contributed by atoms with Gasteiger partial charge in [-0.25, -0.2) is 4.39 Å². The van der Waals surface area contributed by atoms with E-state index < -0.39 is 11.9 Å². The average molecular weight is 499 g/mol. The van der Waals surface area contributed by atoms with Crippen molar-refractivity contribution < 1.29 is 28.2 Å². The summed E-state index contributed by atoms with van der Waals surface area (Å²) in [5.74, 6) is 0.0648. The second-order valence-corrected chi connectivity index (χ2v) is 8.35. The van der Waals surface area contributed by atoms with Gasteiger partial charge < -0.3 is 24.4 Å². The van der Waals surface area contributed by atoms with Crippen molar-refractivity contribution in [2.45, 2.75) is 19.0 Å². The van der Waals surface area contributed by atoms with Crippen LogP contribution in [-0.4, -0.2) is 38.0 Å². The summed E-state index contributed by atoms with van der Waals surface area (Å²) in [6.07, 6.45) is -0.0760. The molecule has 1 atom stereocenters. The Hall–Kier alpha value is -3.78. The third-order valence-corrected chi connectivity index (χ3v) is 6.17. The number of nitrogens with zero attached hydrogens (tertiary/aromatic N) is 1. The Morgan fingerprint density at radius 1 is 1.06 bits per heavy atom. The number of ether oxygens (including phenoxy) is 3. The number of hydrogen-bond acceptors (Lipinski definition) is 5. The molecule has 7 nitrogen and oxygen atoms in total. The van der Waals surface area contributed by atoms with Gasteiger partial charge >= 0.3 is 0 Å². The molecule has 182 valence electrons. The second-order valence-electron chi connectivity index (χ2n) is 7.95. The Morgan fingerprint density at radius 2 is 1.74 bits per heavy atom. The fourth-order valence-electron chi connectivity index (χ4n) is 4.19. The van der Waals surface area contributed by atoms with E-state index in [0.717, 1.165) is 5.56 Å². The summed E-state index contributed by atoms with van der Waals surface area (Å²) in [5, 5.41) is 2.63. The fourth-order valence-corrected chi connectivity index (χ4v) is 4.37. The van der Waals surface area contributed by atoms with Crippen molar-refractivity contribution in [3.63, 3.8) is 0 Å². The van der Waals surface area contributed by atoms with Gasteiger partial charge in [0.1, 0.15) is 5.82 Å². The monoisotopic (exact) mass is 498 g/mol. The van der Waals surface area contributed by atoms with Crippen LogP contribution >= 0.6 is 11.6 Å². The molecule has 1 aliphatic heterocycles. The number of fused-ring (bicyclic) bond motifs is 1. The predicted octanol–water partition coefficient (Wildman–Crippen LogP) is 5.23. The van der Waals surface area contributed by atoms with E-state index in [1.807, 2.05) is 12.1 Å². The lowest BCUT2D eigenvalue weighted by Gasteiger charge is -2.29. The highest BCUT2D eigenvalue weighted by molar-refractivity contribution is 6.31. The van der Waals surface area contributed by atoms with Crippen molar-refractivity contribution in [2.24, 2.45) is 0 Å². The van der Waals surface area contributed by atoms with Crippen molar-refractivity contribution in [2.75, 3.05) is 26.6 Å². The molecule has 0 aromatic heterocycles. The molecule has 1 heterocycles.